The van der Waals surface area contributed by atoms with Gasteiger partial charge < -0.3 is 15.4 Å². The van der Waals surface area contributed by atoms with E-state index in [0.29, 0.717) is 0 Å². The molecule has 1 aromatic rings. The Balaban J connectivity index is 2.49. The van der Waals surface area contributed by atoms with E-state index in [-0.39, 0.29) is 12.5 Å². The summed E-state index contributed by atoms with van der Waals surface area (Å²) in [6.07, 6.45) is 0.327. The van der Waals surface area contributed by atoms with Crippen LogP contribution in [0.15, 0.2) is 18.2 Å². The molecule has 0 spiro atoms. The fourth-order valence-electron chi connectivity index (χ4n) is 1.93. The summed E-state index contributed by atoms with van der Waals surface area (Å²) in [5.74, 6) is 0.714. The Hall–Kier alpha value is -1.55. The van der Waals surface area contributed by atoms with E-state index in [1.807, 2.05) is 18.2 Å². The van der Waals surface area contributed by atoms with Crippen molar-refractivity contribution in [1.29, 1.82) is 0 Å². The molecule has 0 bridgehead atoms. The van der Waals surface area contributed by atoms with Gasteiger partial charge in [0.15, 0.2) is 6.10 Å². The molecule has 86 valence electrons. The number of ether oxygens (including phenoxy) is 1. The van der Waals surface area contributed by atoms with E-state index in [9.17, 15) is 4.79 Å². The van der Waals surface area contributed by atoms with Crippen molar-refractivity contribution in [2.75, 3.05) is 18.5 Å². The Morgan fingerprint density at radius 3 is 2.88 bits per heavy atom. The number of likely N-dealkylation sites (N-methyl/N-ethyl adjacent to an activating group) is 1. The molecule has 2 rings (SSSR count). The van der Waals surface area contributed by atoms with Gasteiger partial charge in [0.05, 0.1) is 5.69 Å². The Labute approximate surface area is 95.0 Å². The van der Waals surface area contributed by atoms with Crippen molar-refractivity contribution in [1.82, 2.24) is 0 Å². The van der Waals surface area contributed by atoms with Gasteiger partial charge in [0.1, 0.15) is 5.75 Å². The van der Waals surface area contributed by atoms with Crippen LogP contribution in [0.4, 0.5) is 5.69 Å². The number of hydrogen-bond acceptors (Lipinski definition) is 3. The van der Waals surface area contributed by atoms with Gasteiger partial charge >= 0.3 is 0 Å². The molecule has 4 nitrogen and oxygen atoms in total. The van der Waals surface area contributed by atoms with Gasteiger partial charge in [0.25, 0.3) is 5.91 Å². The van der Waals surface area contributed by atoms with E-state index in [4.69, 9.17) is 10.5 Å². The van der Waals surface area contributed by atoms with Gasteiger partial charge in [0.2, 0.25) is 0 Å². The molecule has 1 heterocycles. The highest BCUT2D eigenvalue weighted by Crippen LogP contribution is 2.36. The normalized spacial score (nSPS) is 19.3. The zero-order chi connectivity index (χ0) is 11.7. The second-order valence-corrected chi connectivity index (χ2v) is 3.86. The molecule has 1 aliphatic rings. The number of rotatable bonds is 2. The maximum atomic E-state index is 11.8. The zero-order valence-corrected chi connectivity index (χ0v) is 9.56. The average Bonchev–Trinajstić information content (AvgIpc) is 2.33. The number of amides is 1. The minimum Gasteiger partial charge on any atom is -0.477 e. The van der Waals surface area contributed by atoms with Gasteiger partial charge in [-0.05, 0) is 18.1 Å². The van der Waals surface area contributed by atoms with E-state index < -0.39 is 6.10 Å². The number of aryl methyl sites for hydroxylation is 1. The summed E-state index contributed by atoms with van der Waals surface area (Å²) in [6.45, 7) is 2.27. The van der Waals surface area contributed by atoms with Gasteiger partial charge in [-0.1, -0.05) is 19.1 Å². The first kappa shape index (κ1) is 11.0. The first-order chi connectivity index (χ1) is 7.69. The molecule has 4 heteroatoms. The Morgan fingerprint density at radius 2 is 2.25 bits per heavy atom. The van der Waals surface area contributed by atoms with Crippen LogP contribution in [0.1, 0.15) is 12.5 Å². The summed E-state index contributed by atoms with van der Waals surface area (Å²) in [5.41, 5.74) is 7.47. The molecule has 0 saturated heterocycles. The highest BCUT2D eigenvalue weighted by Gasteiger charge is 2.32. The monoisotopic (exact) mass is 220 g/mol. The van der Waals surface area contributed by atoms with E-state index in [1.165, 1.54) is 0 Å². The fraction of sp³-hybridized carbons (Fsp3) is 0.417. The first-order valence-electron chi connectivity index (χ1n) is 5.45. The molecule has 0 saturated carbocycles. The smallest absolute Gasteiger partial charge is 0.269 e. The summed E-state index contributed by atoms with van der Waals surface area (Å²) in [4.78, 5) is 13.5. The largest absolute Gasteiger partial charge is 0.477 e. The van der Waals surface area contributed by atoms with Crippen molar-refractivity contribution in [2.45, 2.75) is 19.4 Å². The van der Waals surface area contributed by atoms with E-state index in [1.54, 1.807) is 11.9 Å². The number of benzene rings is 1. The second-order valence-electron chi connectivity index (χ2n) is 3.86. The molecule has 1 unspecified atom stereocenters. The van der Waals surface area contributed by atoms with Gasteiger partial charge in [-0.3, -0.25) is 4.79 Å². The second kappa shape index (κ2) is 4.14. The van der Waals surface area contributed by atoms with Crippen LogP contribution in [0.5, 0.6) is 5.75 Å². The van der Waals surface area contributed by atoms with Crippen molar-refractivity contribution < 1.29 is 9.53 Å². The number of nitrogens with two attached hydrogens (primary N) is 1. The molecular formula is C12H16N2O2. The summed E-state index contributed by atoms with van der Waals surface area (Å²) in [5, 5.41) is 0. The van der Waals surface area contributed by atoms with Crippen LogP contribution in [-0.4, -0.2) is 25.6 Å². The van der Waals surface area contributed by atoms with Gasteiger partial charge in [-0.15, -0.1) is 0 Å². The highest BCUT2D eigenvalue weighted by atomic mass is 16.5. The Kier molecular flexibility index (Phi) is 2.83. The molecule has 0 fully saturated rings. The Bertz CT molecular complexity index is 417. The zero-order valence-electron chi connectivity index (χ0n) is 9.56. The number of nitrogens with zero attached hydrogens (tertiary/aromatic N) is 1. The predicted octanol–water partition coefficient (Wildman–Crippen LogP) is 0.931. The molecule has 1 amide bonds. The molecule has 0 radical (unpaired) electrons. The molecule has 1 atom stereocenters. The number of carbonyl (C=O) groups is 1. The van der Waals surface area contributed by atoms with Crippen molar-refractivity contribution in [3.05, 3.63) is 23.8 Å². The molecule has 16 heavy (non-hydrogen) atoms. The fourth-order valence-corrected chi connectivity index (χ4v) is 1.93. The average molecular weight is 220 g/mol. The topological polar surface area (TPSA) is 55.6 Å². The van der Waals surface area contributed by atoms with Gasteiger partial charge in [0, 0.05) is 13.6 Å². The lowest BCUT2D eigenvalue weighted by molar-refractivity contribution is -0.125. The van der Waals surface area contributed by atoms with Crippen LogP contribution in [0.25, 0.3) is 0 Å². The van der Waals surface area contributed by atoms with Crippen LogP contribution in [-0.2, 0) is 11.2 Å². The van der Waals surface area contributed by atoms with Crippen molar-refractivity contribution in [3.8, 4) is 5.75 Å². The van der Waals surface area contributed by atoms with Crippen LogP contribution in [0.2, 0.25) is 0 Å². The minimum absolute atomic E-state index is 0.0803. The number of anilines is 1. The highest BCUT2D eigenvalue weighted by molar-refractivity contribution is 6.00. The third kappa shape index (κ3) is 1.55. The minimum atomic E-state index is -0.551. The maximum Gasteiger partial charge on any atom is 0.269 e. The lowest BCUT2D eigenvalue weighted by Gasteiger charge is -2.32. The summed E-state index contributed by atoms with van der Waals surface area (Å²) in [6, 6.07) is 5.84. The maximum absolute atomic E-state index is 11.8. The lowest BCUT2D eigenvalue weighted by atomic mass is 10.1. The molecular weight excluding hydrogens is 204 g/mol. The molecule has 1 aliphatic heterocycles. The van der Waals surface area contributed by atoms with Crippen LogP contribution in [0, 0.1) is 0 Å². The molecule has 2 N–H and O–H groups in total. The first-order valence-corrected chi connectivity index (χ1v) is 5.45. The summed E-state index contributed by atoms with van der Waals surface area (Å²) >= 11 is 0. The van der Waals surface area contributed by atoms with Crippen molar-refractivity contribution in [3.63, 3.8) is 0 Å². The SMILES string of the molecule is CCc1cccc2c1OC(CN)C(=O)N2C. The third-order valence-corrected chi connectivity index (χ3v) is 2.90. The summed E-state index contributed by atoms with van der Waals surface area (Å²) in [7, 11) is 1.76. The molecule has 0 aliphatic carbocycles. The number of carbonyl (C=O) groups excluding carboxylic acids is 1. The molecule has 1 aromatic carbocycles. The van der Waals surface area contributed by atoms with E-state index in [2.05, 4.69) is 6.92 Å². The number of fused-ring (bicyclic) bond motifs is 1. The lowest BCUT2D eigenvalue weighted by Crippen LogP contribution is -2.47. The van der Waals surface area contributed by atoms with E-state index >= 15 is 0 Å². The van der Waals surface area contributed by atoms with Gasteiger partial charge in [-0.25, -0.2) is 0 Å². The van der Waals surface area contributed by atoms with Crippen LogP contribution >= 0.6 is 0 Å². The quantitative estimate of drug-likeness (QED) is 0.806. The Morgan fingerprint density at radius 1 is 1.50 bits per heavy atom. The standard InChI is InChI=1S/C12H16N2O2/c1-3-8-5-4-6-9-11(8)16-10(7-13)12(15)14(9)2/h4-6,10H,3,7,13H2,1-2H3. The number of para-hydroxylation sites is 1. The van der Waals surface area contributed by atoms with Crippen molar-refractivity contribution >= 4 is 11.6 Å². The summed E-state index contributed by atoms with van der Waals surface area (Å²) < 4.78 is 5.67. The molecule has 0 aromatic heterocycles. The van der Waals surface area contributed by atoms with Gasteiger partial charge in [-0.2, -0.15) is 0 Å². The third-order valence-electron chi connectivity index (χ3n) is 2.90. The van der Waals surface area contributed by atoms with Crippen LogP contribution in [0.3, 0.4) is 0 Å². The van der Waals surface area contributed by atoms with E-state index in [0.717, 1.165) is 23.4 Å². The van der Waals surface area contributed by atoms with Crippen LogP contribution < -0.4 is 15.4 Å². The predicted molar refractivity (Wildman–Crippen MR) is 62.7 cm³/mol. The number of hydrogen-bond donors (Lipinski definition) is 1. The van der Waals surface area contributed by atoms with Crippen molar-refractivity contribution in [2.24, 2.45) is 5.73 Å².